The van der Waals surface area contributed by atoms with Gasteiger partial charge < -0.3 is 10.6 Å². The average Bonchev–Trinajstić information content (AvgIpc) is 3.23. The van der Waals surface area contributed by atoms with Gasteiger partial charge in [0.15, 0.2) is 0 Å². The number of hydrogen-bond donors (Lipinski definition) is 2. The molecule has 4 saturated carbocycles. The fourth-order valence-electron chi connectivity index (χ4n) is 6.67. The number of nitrogens with one attached hydrogen (secondary N) is 2. The van der Waals surface area contributed by atoms with E-state index in [0.29, 0.717) is 24.3 Å². The predicted molar refractivity (Wildman–Crippen MR) is 111 cm³/mol. The molecule has 2 aromatic rings. The van der Waals surface area contributed by atoms with Gasteiger partial charge in [-0.25, -0.2) is 0 Å². The summed E-state index contributed by atoms with van der Waals surface area (Å²) in [5.74, 6) is 2.19. The van der Waals surface area contributed by atoms with Gasteiger partial charge in [0.25, 0.3) is 5.91 Å². The summed E-state index contributed by atoms with van der Waals surface area (Å²) >= 11 is 0. The number of aryl methyl sites for hydroxylation is 2. The third-order valence-electron chi connectivity index (χ3n) is 7.34. The van der Waals surface area contributed by atoms with Crippen LogP contribution in [-0.2, 0) is 25.4 Å². The summed E-state index contributed by atoms with van der Waals surface area (Å²) in [6.07, 6.45) is 13.4. The second-order valence-corrected chi connectivity index (χ2v) is 9.88. The molecule has 0 saturated heterocycles. The van der Waals surface area contributed by atoms with Gasteiger partial charge in [-0.1, -0.05) is 0 Å². The molecule has 2 N–H and O–H groups in total. The van der Waals surface area contributed by atoms with Crippen LogP contribution in [0.5, 0.6) is 0 Å². The van der Waals surface area contributed by atoms with Crippen LogP contribution in [0.4, 0.5) is 5.69 Å². The van der Waals surface area contributed by atoms with Gasteiger partial charge in [-0.15, -0.1) is 0 Å². The fraction of sp³-hybridized carbons (Fsp3) is 0.636. The summed E-state index contributed by atoms with van der Waals surface area (Å²) < 4.78 is 3.21. The summed E-state index contributed by atoms with van der Waals surface area (Å²) in [6.45, 7) is 0.374. The number of carbonyl (C=O) groups is 2. The van der Waals surface area contributed by atoms with E-state index in [4.69, 9.17) is 0 Å². The summed E-state index contributed by atoms with van der Waals surface area (Å²) in [7, 11) is 3.55. The Hall–Kier alpha value is -2.64. The monoisotopic (exact) mass is 410 g/mol. The van der Waals surface area contributed by atoms with Crippen LogP contribution in [0.1, 0.15) is 61.0 Å². The molecule has 6 rings (SSSR count). The lowest BCUT2D eigenvalue weighted by Gasteiger charge is -2.56. The zero-order valence-electron chi connectivity index (χ0n) is 17.7. The first-order valence-corrected chi connectivity index (χ1v) is 11.0. The SMILES string of the molecule is Cn1cc(CNC(=O)c2c(NC(=O)CC34CC5CC(CC(C5)C3)C4)cnn2C)cn1. The molecule has 2 heterocycles. The average molecular weight is 411 g/mol. The van der Waals surface area contributed by atoms with Crippen molar-refractivity contribution >= 4 is 17.5 Å². The predicted octanol–water partition coefficient (Wildman–Crippen LogP) is 2.63. The minimum atomic E-state index is -0.260. The molecule has 0 radical (unpaired) electrons. The number of amides is 2. The van der Waals surface area contributed by atoms with Gasteiger partial charge in [-0.3, -0.25) is 19.0 Å². The summed E-state index contributed by atoms with van der Waals surface area (Å²) in [4.78, 5) is 25.7. The van der Waals surface area contributed by atoms with Crippen molar-refractivity contribution in [3.8, 4) is 0 Å². The van der Waals surface area contributed by atoms with E-state index in [1.807, 2.05) is 13.2 Å². The van der Waals surface area contributed by atoms with Crippen molar-refractivity contribution < 1.29 is 9.59 Å². The Morgan fingerprint density at radius 3 is 2.33 bits per heavy atom. The van der Waals surface area contributed by atoms with Gasteiger partial charge in [0.2, 0.25) is 5.91 Å². The molecule has 160 valence electrons. The van der Waals surface area contributed by atoms with Crippen LogP contribution < -0.4 is 10.6 Å². The molecule has 8 heteroatoms. The molecule has 0 unspecified atom stereocenters. The molecule has 0 aromatic carbocycles. The van der Waals surface area contributed by atoms with Gasteiger partial charge >= 0.3 is 0 Å². The minimum absolute atomic E-state index is 0.00580. The van der Waals surface area contributed by atoms with Crippen molar-refractivity contribution in [3.05, 3.63) is 29.8 Å². The number of rotatable bonds is 6. The topological polar surface area (TPSA) is 93.8 Å². The fourth-order valence-corrected chi connectivity index (χ4v) is 6.67. The van der Waals surface area contributed by atoms with Gasteiger partial charge in [0.1, 0.15) is 5.69 Å². The van der Waals surface area contributed by atoms with E-state index < -0.39 is 0 Å². The maximum Gasteiger partial charge on any atom is 0.271 e. The normalized spacial score (nSPS) is 29.2. The number of aromatic nitrogens is 4. The highest BCUT2D eigenvalue weighted by Gasteiger charge is 2.51. The molecule has 0 atom stereocenters. The van der Waals surface area contributed by atoms with Crippen LogP contribution in [0.2, 0.25) is 0 Å². The molecule has 4 bridgehead atoms. The lowest BCUT2D eigenvalue weighted by atomic mass is 9.49. The third kappa shape index (κ3) is 3.63. The van der Waals surface area contributed by atoms with Crippen LogP contribution in [0.3, 0.4) is 0 Å². The quantitative estimate of drug-likeness (QED) is 0.765. The van der Waals surface area contributed by atoms with Crippen molar-refractivity contribution in [2.75, 3.05) is 5.32 Å². The standard InChI is InChI=1S/C22H30N6O2/c1-27-13-17(11-24-27)10-23-21(30)20-18(12-25-28(20)2)26-19(29)9-22-6-14-3-15(7-22)5-16(4-14)8-22/h11-16H,3-10H2,1-2H3,(H,23,30)(H,26,29). The maximum absolute atomic E-state index is 13.0. The molecule has 4 fully saturated rings. The first kappa shape index (κ1) is 19.3. The summed E-state index contributed by atoms with van der Waals surface area (Å²) in [5, 5.41) is 14.2. The van der Waals surface area contributed by atoms with Gasteiger partial charge in [-0.05, 0) is 61.7 Å². The summed E-state index contributed by atoms with van der Waals surface area (Å²) in [6, 6.07) is 0. The van der Waals surface area contributed by atoms with Crippen LogP contribution in [0, 0.1) is 23.2 Å². The Morgan fingerprint density at radius 1 is 1.07 bits per heavy atom. The first-order valence-electron chi connectivity index (χ1n) is 11.0. The number of nitrogens with zero attached hydrogens (tertiary/aromatic N) is 4. The minimum Gasteiger partial charge on any atom is -0.346 e. The molecule has 0 aliphatic heterocycles. The number of anilines is 1. The van der Waals surface area contributed by atoms with E-state index in [0.717, 1.165) is 23.3 Å². The zero-order valence-corrected chi connectivity index (χ0v) is 17.7. The maximum atomic E-state index is 13.0. The lowest BCUT2D eigenvalue weighted by molar-refractivity contribution is -0.124. The second-order valence-electron chi connectivity index (χ2n) is 9.88. The molecule has 2 amide bonds. The van der Waals surface area contributed by atoms with Crippen molar-refractivity contribution in [1.29, 1.82) is 0 Å². The van der Waals surface area contributed by atoms with Crippen LogP contribution >= 0.6 is 0 Å². The first-order chi connectivity index (χ1) is 14.4. The van der Waals surface area contributed by atoms with Crippen molar-refractivity contribution in [2.45, 2.75) is 51.5 Å². The van der Waals surface area contributed by atoms with E-state index in [1.54, 1.807) is 24.1 Å². The van der Waals surface area contributed by atoms with E-state index in [9.17, 15) is 9.59 Å². The van der Waals surface area contributed by atoms with E-state index in [2.05, 4.69) is 20.8 Å². The van der Waals surface area contributed by atoms with E-state index in [-0.39, 0.29) is 17.2 Å². The molecule has 2 aromatic heterocycles. The van der Waals surface area contributed by atoms with Gasteiger partial charge in [0, 0.05) is 38.8 Å². The molecule has 4 aliphatic rings. The lowest BCUT2D eigenvalue weighted by Crippen LogP contribution is -2.47. The zero-order chi connectivity index (χ0) is 20.9. The van der Waals surface area contributed by atoms with Crippen LogP contribution in [0.15, 0.2) is 18.6 Å². The van der Waals surface area contributed by atoms with E-state index in [1.165, 1.54) is 43.2 Å². The molecule has 4 aliphatic carbocycles. The highest BCUT2D eigenvalue weighted by atomic mass is 16.2. The van der Waals surface area contributed by atoms with Gasteiger partial charge in [-0.2, -0.15) is 10.2 Å². The third-order valence-corrected chi connectivity index (χ3v) is 7.34. The Kier molecular flexibility index (Phi) is 4.67. The highest BCUT2D eigenvalue weighted by Crippen LogP contribution is 2.61. The summed E-state index contributed by atoms with van der Waals surface area (Å²) in [5.41, 5.74) is 1.94. The van der Waals surface area contributed by atoms with Crippen LogP contribution in [0.25, 0.3) is 0 Å². The largest absolute Gasteiger partial charge is 0.346 e. The Morgan fingerprint density at radius 2 is 1.73 bits per heavy atom. The van der Waals surface area contributed by atoms with Gasteiger partial charge in [0.05, 0.1) is 18.1 Å². The van der Waals surface area contributed by atoms with Crippen molar-refractivity contribution in [2.24, 2.45) is 37.3 Å². The smallest absolute Gasteiger partial charge is 0.271 e. The molecule has 0 spiro atoms. The van der Waals surface area contributed by atoms with E-state index >= 15 is 0 Å². The number of carbonyl (C=O) groups excluding carboxylic acids is 2. The van der Waals surface area contributed by atoms with Crippen molar-refractivity contribution in [3.63, 3.8) is 0 Å². The number of hydrogen-bond acceptors (Lipinski definition) is 4. The molecular weight excluding hydrogens is 380 g/mol. The second kappa shape index (κ2) is 7.25. The molecular formula is C22H30N6O2. The molecule has 8 nitrogen and oxygen atoms in total. The Labute approximate surface area is 176 Å². The Bertz CT molecular complexity index is 939. The van der Waals surface area contributed by atoms with Crippen LogP contribution in [-0.4, -0.2) is 31.4 Å². The molecule has 30 heavy (non-hydrogen) atoms. The Balaban J connectivity index is 1.24. The van der Waals surface area contributed by atoms with Crippen molar-refractivity contribution in [1.82, 2.24) is 24.9 Å². The highest BCUT2D eigenvalue weighted by molar-refractivity contribution is 6.02.